The van der Waals surface area contributed by atoms with Crippen molar-refractivity contribution < 1.29 is 31.1 Å². The fourth-order valence-electron chi connectivity index (χ4n) is 0.619. The number of aryl methyl sites for hydroxylation is 1. The van der Waals surface area contributed by atoms with Crippen LogP contribution >= 0.6 is 0 Å². The summed E-state index contributed by atoms with van der Waals surface area (Å²) >= 11 is 0. The fraction of sp³-hybridized carbons (Fsp3) is 0.333. The Balaban J connectivity index is 0. The number of amidine groups is 1. The van der Waals surface area contributed by atoms with Crippen molar-refractivity contribution >= 4 is 5.84 Å². The van der Waals surface area contributed by atoms with E-state index in [0.717, 1.165) is 0 Å². The average Bonchev–Trinajstić information content (AvgIpc) is 2.34. The molecule has 0 spiro atoms. The van der Waals surface area contributed by atoms with Crippen LogP contribution in [0.1, 0.15) is 5.69 Å². The first-order valence-corrected chi connectivity index (χ1v) is 2.79. The van der Waals surface area contributed by atoms with Gasteiger partial charge < -0.3 is 18.2 Å². The SMILES string of the molecule is C[N-]C(=N)c1cnnn1C.[CH3-].[U+2]. The molecule has 0 atom stereocenters. The topological polar surface area (TPSA) is 68.7 Å². The first-order valence-electron chi connectivity index (χ1n) is 2.79. The van der Waals surface area contributed by atoms with E-state index in [1.54, 1.807) is 14.1 Å². The van der Waals surface area contributed by atoms with Crippen LogP contribution in [-0.2, 0) is 7.05 Å². The molecule has 1 N–H and O–H groups in total. The Morgan fingerprint density at radius 1 is 1.67 bits per heavy atom. The van der Waals surface area contributed by atoms with Gasteiger partial charge in [0, 0.05) is 7.05 Å². The van der Waals surface area contributed by atoms with Crippen molar-refractivity contribution in [2.75, 3.05) is 7.05 Å². The summed E-state index contributed by atoms with van der Waals surface area (Å²) in [4.78, 5) is 0. The van der Waals surface area contributed by atoms with Crippen molar-refractivity contribution in [3.05, 3.63) is 24.6 Å². The third-order valence-electron chi connectivity index (χ3n) is 1.18. The molecule has 64 valence electrons. The van der Waals surface area contributed by atoms with Crippen LogP contribution in [0.15, 0.2) is 6.20 Å². The number of hydrogen-bond acceptors (Lipinski definition) is 3. The molecule has 0 aliphatic carbocycles. The fourth-order valence-corrected chi connectivity index (χ4v) is 0.619. The maximum Gasteiger partial charge on any atom is 2.00 e. The zero-order valence-corrected chi connectivity index (χ0v) is 11.5. The molecule has 1 aromatic rings. The normalized spacial score (nSPS) is 7.83. The van der Waals surface area contributed by atoms with Crippen LogP contribution < -0.4 is 0 Å². The van der Waals surface area contributed by atoms with Gasteiger partial charge in [-0.25, -0.2) is 4.68 Å². The van der Waals surface area contributed by atoms with Crippen molar-refractivity contribution in [2.45, 2.75) is 0 Å². The molecule has 0 saturated carbocycles. The Morgan fingerprint density at radius 2 is 2.25 bits per heavy atom. The van der Waals surface area contributed by atoms with E-state index in [4.69, 9.17) is 5.41 Å². The third kappa shape index (κ3) is 2.96. The van der Waals surface area contributed by atoms with Gasteiger partial charge in [0.05, 0.1) is 11.9 Å². The maximum absolute atomic E-state index is 7.27. The van der Waals surface area contributed by atoms with E-state index in [0.29, 0.717) is 5.69 Å². The molecule has 6 heteroatoms. The second kappa shape index (κ2) is 6.21. The Kier molecular flexibility index (Phi) is 7.35. The van der Waals surface area contributed by atoms with E-state index in [1.165, 1.54) is 10.9 Å². The van der Waals surface area contributed by atoms with Crippen LogP contribution in [0, 0.1) is 43.9 Å². The molecule has 1 aromatic heterocycles. The van der Waals surface area contributed by atoms with Crippen LogP contribution in [-0.4, -0.2) is 27.9 Å². The van der Waals surface area contributed by atoms with Gasteiger partial charge in [-0.2, -0.15) is 0 Å². The summed E-state index contributed by atoms with van der Waals surface area (Å²) in [5.74, 6) is 0.201. The van der Waals surface area contributed by atoms with Crippen molar-refractivity contribution in [2.24, 2.45) is 7.05 Å². The van der Waals surface area contributed by atoms with Crippen molar-refractivity contribution in [1.29, 1.82) is 5.41 Å². The first-order chi connectivity index (χ1) is 4.75. The second-order valence-corrected chi connectivity index (χ2v) is 1.82. The molecule has 0 aromatic carbocycles. The van der Waals surface area contributed by atoms with Gasteiger partial charge in [0.1, 0.15) is 0 Å². The maximum atomic E-state index is 7.27. The molecular weight excluding hydrogens is 380 g/mol. The zero-order valence-electron chi connectivity index (χ0n) is 7.37. The Hall–Kier alpha value is -0.338. The standard InChI is InChI=1S/C5H8N5.CH3.U/c1-7-5(6)4-3-8-9-10(4)2;;/h3H,1-2H3,(H-,6,7);1H3;/q2*-1;+2. The molecule has 0 radical (unpaired) electrons. The molecule has 12 heavy (non-hydrogen) atoms. The van der Waals surface area contributed by atoms with E-state index < -0.39 is 0 Å². The Morgan fingerprint density at radius 3 is 2.58 bits per heavy atom. The van der Waals surface area contributed by atoms with E-state index in [9.17, 15) is 0 Å². The van der Waals surface area contributed by atoms with Gasteiger partial charge in [0.25, 0.3) is 0 Å². The minimum atomic E-state index is 0. The largest absolute Gasteiger partial charge is 2.00 e. The summed E-state index contributed by atoms with van der Waals surface area (Å²) in [7, 11) is 3.29. The van der Waals surface area contributed by atoms with Crippen molar-refractivity contribution in [3.63, 3.8) is 0 Å². The van der Waals surface area contributed by atoms with Crippen molar-refractivity contribution in [1.82, 2.24) is 15.0 Å². The predicted molar refractivity (Wildman–Crippen MR) is 43.5 cm³/mol. The van der Waals surface area contributed by atoms with Crippen molar-refractivity contribution in [3.8, 4) is 0 Å². The molecular formula is C6H11N5U. The monoisotopic (exact) mass is 391 g/mol. The number of nitrogens with one attached hydrogen (secondary N) is 1. The summed E-state index contributed by atoms with van der Waals surface area (Å²) in [5.41, 5.74) is 0.627. The van der Waals surface area contributed by atoms with Crippen LogP contribution in [0.5, 0.6) is 0 Å². The van der Waals surface area contributed by atoms with E-state index >= 15 is 0 Å². The summed E-state index contributed by atoms with van der Waals surface area (Å²) in [6, 6.07) is 0. The van der Waals surface area contributed by atoms with Gasteiger partial charge in [-0.05, 0) is 5.84 Å². The molecule has 0 aliphatic rings. The summed E-state index contributed by atoms with van der Waals surface area (Å²) in [6.07, 6.45) is 1.51. The quantitative estimate of drug-likeness (QED) is 0.433. The molecule has 0 aliphatic heterocycles. The number of rotatable bonds is 1. The smallest absolute Gasteiger partial charge is 0.480 e. The molecule has 0 saturated heterocycles. The molecule has 5 nitrogen and oxygen atoms in total. The van der Waals surface area contributed by atoms with Crippen LogP contribution in [0.3, 0.4) is 0 Å². The van der Waals surface area contributed by atoms with Gasteiger partial charge in [-0.3, -0.25) is 0 Å². The van der Waals surface area contributed by atoms with E-state index in [-0.39, 0.29) is 44.4 Å². The van der Waals surface area contributed by atoms with Crippen LogP contribution in [0.25, 0.3) is 5.32 Å². The minimum Gasteiger partial charge on any atom is -0.480 e. The predicted octanol–water partition coefficient (Wildman–Crippen LogP) is 0.594. The van der Waals surface area contributed by atoms with Gasteiger partial charge in [-0.15, -0.1) is 5.10 Å². The van der Waals surface area contributed by atoms with Gasteiger partial charge in [0.15, 0.2) is 0 Å². The number of aromatic nitrogens is 3. The molecule has 1 heterocycles. The van der Waals surface area contributed by atoms with E-state index in [2.05, 4.69) is 15.6 Å². The Bertz CT molecular complexity index is 244. The first kappa shape index (κ1) is 14.2. The molecule has 0 fully saturated rings. The van der Waals surface area contributed by atoms with Gasteiger partial charge in [-0.1, -0.05) is 12.3 Å². The minimum absolute atomic E-state index is 0. The van der Waals surface area contributed by atoms with Gasteiger partial charge >= 0.3 is 31.1 Å². The summed E-state index contributed by atoms with van der Waals surface area (Å²) in [6.45, 7) is 0. The Labute approximate surface area is 95.8 Å². The molecule has 0 bridgehead atoms. The number of hydrogen-bond donors (Lipinski definition) is 1. The van der Waals surface area contributed by atoms with Crippen LogP contribution in [0.4, 0.5) is 0 Å². The molecule has 0 amide bonds. The average molecular weight is 391 g/mol. The summed E-state index contributed by atoms with van der Waals surface area (Å²) < 4.78 is 1.51. The number of nitrogens with zero attached hydrogens (tertiary/aromatic N) is 4. The summed E-state index contributed by atoms with van der Waals surface area (Å²) in [5, 5.41) is 18.2. The second-order valence-electron chi connectivity index (χ2n) is 1.82. The zero-order chi connectivity index (χ0) is 7.56. The third-order valence-corrected chi connectivity index (χ3v) is 1.18. The van der Waals surface area contributed by atoms with Crippen LogP contribution in [0.2, 0.25) is 0 Å². The van der Waals surface area contributed by atoms with E-state index in [1.807, 2.05) is 0 Å². The van der Waals surface area contributed by atoms with Gasteiger partial charge in [0.2, 0.25) is 0 Å². The molecule has 0 unspecified atom stereocenters. The molecule has 1 rings (SSSR count).